The van der Waals surface area contributed by atoms with E-state index >= 15 is 0 Å². The molecule has 0 unspecified atom stereocenters. The highest BCUT2D eigenvalue weighted by Crippen LogP contribution is 2.25. The Kier molecular flexibility index (Phi) is 1.86. The van der Waals surface area contributed by atoms with E-state index in [0.717, 1.165) is 30.2 Å². The molecule has 0 N–H and O–H groups in total. The van der Waals surface area contributed by atoms with Gasteiger partial charge in [-0.15, -0.1) is 0 Å². The number of fused-ring (bicyclic) bond motifs is 1. The van der Waals surface area contributed by atoms with Crippen molar-refractivity contribution in [2.45, 2.75) is 13.3 Å². The van der Waals surface area contributed by atoms with Gasteiger partial charge in [0.05, 0.1) is 19.4 Å². The van der Waals surface area contributed by atoms with Crippen LogP contribution in [-0.2, 0) is 6.42 Å². The number of aromatic nitrogens is 1. The van der Waals surface area contributed by atoms with Crippen molar-refractivity contribution in [2.75, 3.05) is 13.2 Å². The first-order valence-corrected chi connectivity index (χ1v) is 4.14. The van der Waals surface area contributed by atoms with Crippen LogP contribution in [0.3, 0.4) is 0 Å². The molecule has 0 fully saturated rings. The second-order valence-corrected chi connectivity index (χ2v) is 2.67. The van der Waals surface area contributed by atoms with E-state index in [-0.39, 0.29) is 0 Å². The van der Waals surface area contributed by atoms with Crippen LogP contribution in [0.25, 0.3) is 0 Å². The molecule has 0 aromatic carbocycles. The summed E-state index contributed by atoms with van der Waals surface area (Å²) in [5, 5.41) is 0. The number of hydrogen-bond acceptors (Lipinski definition) is 3. The van der Waals surface area contributed by atoms with Gasteiger partial charge in [0.25, 0.3) is 0 Å². The third-order valence-electron chi connectivity index (χ3n) is 1.82. The lowest BCUT2D eigenvalue weighted by Gasteiger charge is -2.03. The Hall–Kier alpha value is -1.25. The highest BCUT2D eigenvalue weighted by Gasteiger charge is 2.13. The molecule has 0 amide bonds. The van der Waals surface area contributed by atoms with Crippen molar-refractivity contribution >= 4 is 0 Å². The summed E-state index contributed by atoms with van der Waals surface area (Å²) in [6, 6.07) is 2.00. The van der Waals surface area contributed by atoms with E-state index in [4.69, 9.17) is 9.47 Å². The Morgan fingerprint density at radius 2 is 2.58 bits per heavy atom. The maximum atomic E-state index is 5.31. The van der Waals surface area contributed by atoms with E-state index in [9.17, 15) is 0 Å². The van der Waals surface area contributed by atoms with E-state index in [1.54, 1.807) is 6.20 Å². The maximum absolute atomic E-state index is 5.31. The fourth-order valence-electron chi connectivity index (χ4n) is 1.29. The third-order valence-corrected chi connectivity index (χ3v) is 1.82. The lowest BCUT2D eigenvalue weighted by Crippen LogP contribution is -1.93. The molecule has 2 rings (SSSR count). The molecule has 0 bridgehead atoms. The Morgan fingerprint density at radius 1 is 1.67 bits per heavy atom. The minimum atomic E-state index is 0.682. The number of nitrogens with zero attached hydrogens (tertiary/aromatic N) is 1. The van der Waals surface area contributed by atoms with E-state index in [2.05, 4.69) is 4.98 Å². The highest BCUT2D eigenvalue weighted by molar-refractivity contribution is 5.35. The van der Waals surface area contributed by atoms with Crippen LogP contribution in [0.2, 0.25) is 0 Å². The van der Waals surface area contributed by atoms with Crippen molar-refractivity contribution in [3.05, 3.63) is 17.8 Å². The minimum absolute atomic E-state index is 0.682. The summed E-state index contributed by atoms with van der Waals surface area (Å²) in [5.74, 6) is 1.60. The molecule has 1 aromatic rings. The van der Waals surface area contributed by atoms with Crippen LogP contribution < -0.4 is 9.47 Å². The van der Waals surface area contributed by atoms with Gasteiger partial charge >= 0.3 is 0 Å². The van der Waals surface area contributed by atoms with Crippen LogP contribution in [0.15, 0.2) is 12.3 Å². The molecule has 0 radical (unpaired) electrons. The van der Waals surface area contributed by atoms with Crippen molar-refractivity contribution in [2.24, 2.45) is 0 Å². The van der Waals surface area contributed by atoms with Crippen LogP contribution in [0, 0.1) is 0 Å². The summed E-state index contributed by atoms with van der Waals surface area (Å²) in [7, 11) is 0. The number of rotatable bonds is 2. The molecular weight excluding hydrogens is 154 g/mol. The summed E-state index contributed by atoms with van der Waals surface area (Å²) in [4.78, 5) is 4.13. The molecular formula is C9H11NO2. The molecule has 0 saturated heterocycles. The van der Waals surface area contributed by atoms with Crippen molar-refractivity contribution in [1.82, 2.24) is 4.98 Å². The first kappa shape index (κ1) is 7.40. The molecule has 64 valence electrons. The van der Waals surface area contributed by atoms with E-state index < -0.39 is 0 Å². The zero-order chi connectivity index (χ0) is 8.39. The first-order valence-electron chi connectivity index (χ1n) is 4.14. The molecule has 3 nitrogen and oxygen atoms in total. The van der Waals surface area contributed by atoms with Gasteiger partial charge in [0, 0.05) is 12.0 Å². The predicted molar refractivity (Wildman–Crippen MR) is 44.6 cm³/mol. The predicted octanol–water partition coefficient (Wildman–Crippen LogP) is 1.42. The average Bonchev–Trinajstić information content (AvgIpc) is 2.51. The standard InChI is InChI=1S/C9H11NO2/c1-2-11-8-5-7-3-4-12-9(7)10-6-8/h5-6H,2-4H2,1H3. The smallest absolute Gasteiger partial charge is 0.216 e. The number of hydrogen-bond donors (Lipinski definition) is 0. The first-order chi connectivity index (χ1) is 5.90. The second-order valence-electron chi connectivity index (χ2n) is 2.67. The van der Waals surface area contributed by atoms with Gasteiger partial charge in [-0.25, -0.2) is 4.98 Å². The summed E-state index contributed by atoms with van der Waals surface area (Å²) in [6.07, 6.45) is 2.65. The van der Waals surface area contributed by atoms with Gasteiger partial charge in [-0.2, -0.15) is 0 Å². The Bertz CT molecular complexity index is 286. The average molecular weight is 165 g/mol. The summed E-state index contributed by atoms with van der Waals surface area (Å²) < 4.78 is 10.6. The number of ether oxygens (including phenoxy) is 2. The molecule has 0 aliphatic carbocycles. The molecule has 0 atom stereocenters. The molecule has 1 aliphatic heterocycles. The van der Waals surface area contributed by atoms with E-state index in [1.807, 2.05) is 13.0 Å². The summed E-state index contributed by atoms with van der Waals surface area (Å²) >= 11 is 0. The van der Waals surface area contributed by atoms with Gasteiger partial charge in [-0.1, -0.05) is 0 Å². The van der Waals surface area contributed by atoms with Gasteiger partial charge < -0.3 is 9.47 Å². The lowest BCUT2D eigenvalue weighted by molar-refractivity contribution is 0.332. The number of pyridine rings is 1. The van der Waals surface area contributed by atoms with Gasteiger partial charge in [0.2, 0.25) is 5.88 Å². The van der Waals surface area contributed by atoms with Gasteiger partial charge in [0.15, 0.2) is 0 Å². The second kappa shape index (κ2) is 3.01. The van der Waals surface area contributed by atoms with Crippen LogP contribution in [-0.4, -0.2) is 18.2 Å². The van der Waals surface area contributed by atoms with Crippen LogP contribution in [0.4, 0.5) is 0 Å². The largest absolute Gasteiger partial charge is 0.492 e. The maximum Gasteiger partial charge on any atom is 0.216 e. The van der Waals surface area contributed by atoms with Crippen LogP contribution >= 0.6 is 0 Å². The van der Waals surface area contributed by atoms with Gasteiger partial charge in [0.1, 0.15) is 5.75 Å². The molecule has 0 spiro atoms. The molecule has 3 heteroatoms. The molecule has 1 aromatic heterocycles. The van der Waals surface area contributed by atoms with E-state index in [1.165, 1.54) is 0 Å². The normalized spacial score (nSPS) is 13.8. The lowest BCUT2D eigenvalue weighted by atomic mass is 10.2. The van der Waals surface area contributed by atoms with Crippen LogP contribution in [0.1, 0.15) is 12.5 Å². The van der Waals surface area contributed by atoms with Crippen molar-refractivity contribution in [3.63, 3.8) is 0 Å². The quantitative estimate of drug-likeness (QED) is 0.664. The zero-order valence-corrected chi connectivity index (χ0v) is 7.04. The monoisotopic (exact) mass is 165 g/mol. The molecule has 0 saturated carbocycles. The Morgan fingerprint density at radius 3 is 3.42 bits per heavy atom. The highest BCUT2D eigenvalue weighted by atomic mass is 16.5. The summed E-state index contributed by atoms with van der Waals surface area (Å²) in [5.41, 5.74) is 1.15. The zero-order valence-electron chi connectivity index (χ0n) is 7.04. The SMILES string of the molecule is CCOc1cnc2c(c1)CCO2. The minimum Gasteiger partial charge on any atom is -0.492 e. The van der Waals surface area contributed by atoms with Gasteiger partial charge in [-0.05, 0) is 13.0 Å². The van der Waals surface area contributed by atoms with Crippen LogP contribution in [0.5, 0.6) is 11.6 Å². The van der Waals surface area contributed by atoms with E-state index in [0.29, 0.717) is 6.61 Å². The third kappa shape index (κ3) is 1.22. The molecule has 12 heavy (non-hydrogen) atoms. The summed E-state index contributed by atoms with van der Waals surface area (Å²) in [6.45, 7) is 3.39. The van der Waals surface area contributed by atoms with Crippen molar-refractivity contribution < 1.29 is 9.47 Å². The van der Waals surface area contributed by atoms with Gasteiger partial charge in [-0.3, -0.25) is 0 Å². The van der Waals surface area contributed by atoms with Crippen molar-refractivity contribution in [3.8, 4) is 11.6 Å². The fourth-order valence-corrected chi connectivity index (χ4v) is 1.29. The Labute approximate surface area is 71.3 Å². The molecule has 1 aliphatic rings. The fraction of sp³-hybridized carbons (Fsp3) is 0.444. The Balaban J connectivity index is 2.26. The topological polar surface area (TPSA) is 31.4 Å². The molecule has 2 heterocycles. The van der Waals surface area contributed by atoms with Crippen molar-refractivity contribution in [1.29, 1.82) is 0 Å².